The number of nitrogens with one attached hydrogen (secondary N) is 1. The van der Waals surface area contributed by atoms with Crippen molar-refractivity contribution >= 4 is 6.03 Å². The smallest absolute Gasteiger partial charge is 0.314 e. The van der Waals surface area contributed by atoms with E-state index in [1.54, 1.807) is 11.2 Å². The van der Waals surface area contributed by atoms with Crippen LogP contribution in [0.4, 0.5) is 4.79 Å². The van der Waals surface area contributed by atoms with E-state index in [4.69, 9.17) is 5.73 Å². The van der Waals surface area contributed by atoms with Gasteiger partial charge in [0.15, 0.2) is 0 Å². The first-order chi connectivity index (χ1) is 8.70. The Balaban J connectivity index is 1.77. The molecule has 2 heterocycles. The molecule has 0 saturated carbocycles. The minimum atomic E-state index is -0.320. The lowest BCUT2D eigenvalue weighted by Crippen LogP contribution is -2.46. The van der Waals surface area contributed by atoms with Crippen LogP contribution in [0, 0.1) is 0 Å². The van der Waals surface area contributed by atoms with E-state index in [0.717, 1.165) is 44.8 Å². The van der Waals surface area contributed by atoms with E-state index in [2.05, 4.69) is 22.4 Å². The van der Waals surface area contributed by atoms with Gasteiger partial charge in [-0.1, -0.05) is 0 Å². The van der Waals surface area contributed by atoms with Gasteiger partial charge in [0.05, 0.1) is 6.54 Å². The number of aryl methyl sites for hydroxylation is 1. The number of hydrogen-bond donors (Lipinski definition) is 2. The molecule has 3 N–H and O–H groups in total. The molecule has 0 bridgehead atoms. The molecule has 7 heteroatoms. The van der Waals surface area contributed by atoms with Crippen molar-refractivity contribution in [1.82, 2.24) is 25.0 Å². The van der Waals surface area contributed by atoms with Crippen molar-refractivity contribution in [3.63, 3.8) is 0 Å². The van der Waals surface area contributed by atoms with Gasteiger partial charge in [-0.25, -0.2) is 4.79 Å². The van der Waals surface area contributed by atoms with Crippen LogP contribution in [0.3, 0.4) is 0 Å². The molecule has 2 amide bonds. The van der Waals surface area contributed by atoms with Crippen LogP contribution < -0.4 is 11.1 Å². The van der Waals surface area contributed by atoms with Crippen LogP contribution in [-0.4, -0.2) is 44.8 Å². The number of hydrogen-bond acceptors (Lipinski definition) is 4. The molecule has 18 heavy (non-hydrogen) atoms. The van der Waals surface area contributed by atoms with Crippen LogP contribution in [0.25, 0.3) is 0 Å². The van der Waals surface area contributed by atoms with Crippen molar-refractivity contribution < 1.29 is 4.79 Å². The first kappa shape index (κ1) is 12.8. The SMILES string of the molecule is CCn1cnnc1CNC1CCN(C(N)=O)CC1. The average molecular weight is 252 g/mol. The number of urea groups is 1. The molecule has 100 valence electrons. The summed E-state index contributed by atoms with van der Waals surface area (Å²) in [4.78, 5) is 12.7. The van der Waals surface area contributed by atoms with Crippen LogP contribution in [0.5, 0.6) is 0 Å². The Kier molecular flexibility index (Phi) is 4.14. The second-order valence-corrected chi connectivity index (χ2v) is 4.51. The number of nitrogens with zero attached hydrogens (tertiary/aromatic N) is 4. The fourth-order valence-corrected chi connectivity index (χ4v) is 2.22. The summed E-state index contributed by atoms with van der Waals surface area (Å²) in [5, 5.41) is 11.4. The van der Waals surface area contributed by atoms with Gasteiger partial charge >= 0.3 is 6.03 Å². The molecule has 1 saturated heterocycles. The van der Waals surface area contributed by atoms with Gasteiger partial charge in [0.1, 0.15) is 12.2 Å². The van der Waals surface area contributed by atoms with Gasteiger partial charge in [-0.15, -0.1) is 10.2 Å². The Morgan fingerprint density at radius 1 is 1.56 bits per heavy atom. The zero-order valence-electron chi connectivity index (χ0n) is 10.7. The van der Waals surface area contributed by atoms with E-state index in [1.807, 2.05) is 4.57 Å². The summed E-state index contributed by atoms with van der Waals surface area (Å²) in [6, 6.07) is 0.0989. The standard InChI is InChI=1S/C11H20N6O/c1-2-16-8-14-15-10(16)7-13-9-3-5-17(6-4-9)11(12)18/h8-9,13H,2-7H2,1H3,(H2,12,18). The predicted octanol–water partition coefficient (Wildman–Crippen LogP) is -0.0693. The minimum Gasteiger partial charge on any atom is -0.351 e. The van der Waals surface area contributed by atoms with Gasteiger partial charge in [0.2, 0.25) is 0 Å². The van der Waals surface area contributed by atoms with Crippen LogP contribution in [0.1, 0.15) is 25.6 Å². The van der Waals surface area contributed by atoms with Gasteiger partial charge in [-0.05, 0) is 19.8 Å². The van der Waals surface area contributed by atoms with Crippen LogP contribution in [0.2, 0.25) is 0 Å². The normalized spacial score (nSPS) is 17.1. The maximum Gasteiger partial charge on any atom is 0.314 e. The molecule has 1 fully saturated rings. The van der Waals surface area contributed by atoms with Crippen molar-refractivity contribution in [1.29, 1.82) is 0 Å². The number of piperidine rings is 1. The Labute approximate surface area is 106 Å². The first-order valence-electron chi connectivity index (χ1n) is 6.35. The summed E-state index contributed by atoms with van der Waals surface area (Å²) < 4.78 is 2.02. The monoisotopic (exact) mass is 252 g/mol. The molecule has 1 aliphatic rings. The number of rotatable bonds is 4. The van der Waals surface area contributed by atoms with E-state index in [-0.39, 0.29) is 6.03 Å². The van der Waals surface area contributed by atoms with Crippen molar-refractivity contribution in [3.8, 4) is 0 Å². The molecule has 0 unspecified atom stereocenters. The highest BCUT2D eigenvalue weighted by atomic mass is 16.2. The third kappa shape index (κ3) is 2.98. The zero-order valence-corrected chi connectivity index (χ0v) is 10.7. The second-order valence-electron chi connectivity index (χ2n) is 4.51. The maximum atomic E-state index is 11.0. The summed E-state index contributed by atoms with van der Waals surface area (Å²) >= 11 is 0. The number of primary amides is 1. The fraction of sp³-hybridized carbons (Fsp3) is 0.727. The molecule has 2 rings (SSSR count). The first-order valence-corrected chi connectivity index (χ1v) is 6.35. The Morgan fingerprint density at radius 3 is 2.89 bits per heavy atom. The van der Waals surface area contributed by atoms with Gasteiger partial charge in [-0.2, -0.15) is 0 Å². The van der Waals surface area contributed by atoms with E-state index in [9.17, 15) is 4.79 Å². The van der Waals surface area contributed by atoms with Crippen molar-refractivity contribution in [2.75, 3.05) is 13.1 Å². The number of amides is 2. The van der Waals surface area contributed by atoms with E-state index < -0.39 is 0 Å². The van der Waals surface area contributed by atoms with Gasteiger partial charge < -0.3 is 20.5 Å². The van der Waals surface area contributed by atoms with E-state index in [0.29, 0.717) is 6.04 Å². The third-order valence-corrected chi connectivity index (χ3v) is 3.39. The summed E-state index contributed by atoms with van der Waals surface area (Å²) in [6.45, 7) is 5.12. The molecule has 7 nitrogen and oxygen atoms in total. The molecule has 0 aliphatic carbocycles. The number of nitrogens with two attached hydrogens (primary N) is 1. The molecule has 0 aromatic carbocycles. The van der Waals surface area contributed by atoms with E-state index >= 15 is 0 Å². The van der Waals surface area contributed by atoms with Crippen molar-refractivity contribution in [2.45, 2.75) is 38.9 Å². The summed E-state index contributed by atoms with van der Waals surface area (Å²) in [6.07, 6.45) is 3.61. The predicted molar refractivity (Wildman–Crippen MR) is 66.7 cm³/mol. The molecule has 1 aromatic rings. The largest absolute Gasteiger partial charge is 0.351 e. The highest BCUT2D eigenvalue weighted by Crippen LogP contribution is 2.10. The highest BCUT2D eigenvalue weighted by molar-refractivity contribution is 5.72. The van der Waals surface area contributed by atoms with Gasteiger partial charge in [0, 0.05) is 25.7 Å². The second kappa shape index (κ2) is 5.81. The lowest BCUT2D eigenvalue weighted by atomic mass is 10.1. The fourth-order valence-electron chi connectivity index (χ4n) is 2.22. The Morgan fingerprint density at radius 2 is 2.28 bits per heavy atom. The van der Waals surface area contributed by atoms with Crippen LogP contribution in [-0.2, 0) is 13.1 Å². The summed E-state index contributed by atoms with van der Waals surface area (Å²) in [5.74, 6) is 0.954. The maximum absolute atomic E-state index is 11.0. The lowest BCUT2D eigenvalue weighted by Gasteiger charge is -2.31. The van der Waals surface area contributed by atoms with Crippen LogP contribution >= 0.6 is 0 Å². The van der Waals surface area contributed by atoms with Gasteiger partial charge in [0.25, 0.3) is 0 Å². The van der Waals surface area contributed by atoms with Crippen molar-refractivity contribution in [3.05, 3.63) is 12.2 Å². The zero-order chi connectivity index (χ0) is 13.0. The van der Waals surface area contributed by atoms with E-state index in [1.165, 1.54) is 0 Å². The summed E-state index contributed by atoms with van der Waals surface area (Å²) in [5.41, 5.74) is 5.25. The highest BCUT2D eigenvalue weighted by Gasteiger charge is 2.21. The van der Waals surface area contributed by atoms with Crippen molar-refractivity contribution in [2.24, 2.45) is 5.73 Å². The lowest BCUT2D eigenvalue weighted by molar-refractivity contribution is 0.184. The molecular formula is C11H20N6O. The topological polar surface area (TPSA) is 89.1 Å². The number of carbonyl (C=O) groups is 1. The summed E-state index contributed by atoms with van der Waals surface area (Å²) in [7, 11) is 0. The molecule has 0 radical (unpaired) electrons. The number of carbonyl (C=O) groups excluding carboxylic acids is 1. The molecule has 1 aliphatic heterocycles. The van der Waals surface area contributed by atoms with Gasteiger partial charge in [-0.3, -0.25) is 0 Å². The number of likely N-dealkylation sites (tertiary alicyclic amines) is 1. The third-order valence-electron chi connectivity index (χ3n) is 3.39. The van der Waals surface area contributed by atoms with Crippen LogP contribution in [0.15, 0.2) is 6.33 Å². The molecule has 1 aromatic heterocycles. The molecular weight excluding hydrogens is 232 g/mol. The Bertz CT molecular complexity index is 396. The molecule has 0 spiro atoms. The average Bonchev–Trinajstić information content (AvgIpc) is 2.84. The quantitative estimate of drug-likeness (QED) is 0.785. The number of aromatic nitrogens is 3. The minimum absolute atomic E-state index is 0.320. The Hall–Kier alpha value is -1.63. The molecule has 0 atom stereocenters.